The van der Waals surface area contributed by atoms with Crippen LogP contribution in [0.3, 0.4) is 0 Å². The maximum atomic E-state index is 10.8. The van der Waals surface area contributed by atoms with Crippen molar-refractivity contribution in [2.75, 3.05) is 13.2 Å². The highest BCUT2D eigenvalue weighted by atomic mass is 17.1. The first kappa shape index (κ1) is 24.9. The van der Waals surface area contributed by atoms with Gasteiger partial charge in [-0.2, -0.15) is 0 Å². The molecule has 1 aromatic rings. The van der Waals surface area contributed by atoms with E-state index in [2.05, 4.69) is 11.8 Å². The van der Waals surface area contributed by atoms with Crippen molar-refractivity contribution in [3.8, 4) is 5.75 Å². The molecule has 8 heteroatoms. The molecule has 1 saturated heterocycles. The number of carbonyl (C=O) groups is 1. The average Bonchev–Trinajstić information content (AvgIpc) is 2.97. The largest absolute Gasteiger partial charge is 0.482 e. The summed E-state index contributed by atoms with van der Waals surface area (Å²) < 4.78 is 16.9. The molecule has 8 nitrogen and oxygen atoms in total. The van der Waals surface area contributed by atoms with Crippen LogP contribution in [0.25, 0.3) is 0 Å². The summed E-state index contributed by atoms with van der Waals surface area (Å²) >= 11 is 0. The minimum atomic E-state index is -1.03. The fourth-order valence-electron chi connectivity index (χ4n) is 5.24. The second-order valence-electron chi connectivity index (χ2n) is 9.51. The zero-order valence-corrected chi connectivity index (χ0v) is 19.1. The normalized spacial score (nSPS) is 32.4. The van der Waals surface area contributed by atoms with Gasteiger partial charge in [0.15, 0.2) is 18.7 Å². The zero-order chi connectivity index (χ0) is 23.3. The number of hydrogen-bond acceptors (Lipinski definition) is 7. The van der Waals surface area contributed by atoms with E-state index in [1.807, 2.05) is 6.92 Å². The lowest BCUT2D eigenvalue weighted by Gasteiger charge is -2.44. The fraction of sp³-hybridized carbons (Fsp3) is 0.708. The van der Waals surface area contributed by atoms with Gasteiger partial charge in [0.2, 0.25) is 0 Å². The van der Waals surface area contributed by atoms with E-state index in [1.165, 1.54) is 0 Å². The summed E-state index contributed by atoms with van der Waals surface area (Å²) in [6, 6.07) is 6.96. The summed E-state index contributed by atoms with van der Waals surface area (Å²) in [5, 5.41) is 28.7. The van der Waals surface area contributed by atoms with Crippen molar-refractivity contribution in [1.29, 1.82) is 0 Å². The first-order valence-electron chi connectivity index (χ1n) is 11.4. The van der Waals surface area contributed by atoms with E-state index in [9.17, 15) is 15.2 Å². The third-order valence-corrected chi connectivity index (χ3v) is 7.32. The van der Waals surface area contributed by atoms with Crippen LogP contribution in [-0.4, -0.2) is 46.7 Å². The van der Waals surface area contributed by atoms with Gasteiger partial charge in [0.05, 0.1) is 13.2 Å². The van der Waals surface area contributed by atoms with Crippen molar-refractivity contribution >= 4 is 5.97 Å². The fourth-order valence-corrected chi connectivity index (χ4v) is 5.24. The molecule has 1 aromatic carbocycles. The summed E-state index contributed by atoms with van der Waals surface area (Å²) in [6.07, 6.45) is 2.73. The molecule has 180 valence electrons. The van der Waals surface area contributed by atoms with Crippen LogP contribution in [0, 0.1) is 29.6 Å². The van der Waals surface area contributed by atoms with Crippen LogP contribution < -0.4 is 4.74 Å². The Bertz CT molecular complexity index is 738. The maximum absolute atomic E-state index is 10.8. The van der Waals surface area contributed by atoms with Crippen molar-refractivity contribution in [3.05, 3.63) is 29.8 Å². The summed E-state index contributed by atoms with van der Waals surface area (Å²) in [5.41, 5.74) is 0.864. The lowest BCUT2D eigenvalue weighted by atomic mass is 9.62. The standard InChI is InChI=1S/C24H36O8/c1-15-4-9-20(21-13-31-24(3,32-28)11-10-19(15)21)16(2)23(27)30-12-17-5-7-18(8-6-17)29-14-22(25)26/h5-8,15-16,19-21,23,27-28H,4,9-14H2,1-3H3,(H,25,26)/t15-,16-,19+,20+,21?,23-,24+/m1/s1. The van der Waals surface area contributed by atoms with Gasteiger partial charge in [-0.05, 0) is 61.1 Å². The lowest BCUT2D eigenvalue weighted by Crippen LogP contribution is -2.42. The topological polar surface area (TPSA) is 115 Å². The molecule has 0 spiro atoms. The SMILES string of the molecule is C[C@@H]([C@H](O)OCc1ccc(OCC(=O)O)cc1)[C@@H]1CC[C@@H](C)[C@@H]2CC[C@](C)(OO)OCC12. The highest BCUT2D eigenvalue weighted by molar-refractivity contribution is 5.68. The van der Waals surface area contributed by atoms with E-state index in [0.29, 0.717) is 30.6 Å². The smallest absolute Gasteiger partial charge is 0.341 e. The van der Waals surface area contributed by atoms with Crippen molar-refractivity contribution in [1.82, 2.24) is 0 Å². The third kappa shape index (κ3) is 6.20. The molecule has 1 saturated carbocycles. The number of hydrogen-bond donors (Lipinski definition) is 3. The van der Waals surface area contributed by atoms with Crippen molar-refractivity contribution in [3.63, 3.8) is 0 Å². The van der Waals surface area contributed by atoms with Gasteiger partial charge in [-0.1, -0.05) is 32.4 Å². The van der Waals surface area contributed by atoms with Gasteiger partial charge in [-0.3, -0.25) is 0 Å². The molecule has 1 unspecified atom stereocenters. The molecule has 0 bridgehead atoms. The molecule has 1 aliphatic carbocycles. The van der Waals surface area contributed by atoms with E-state index in [0.717, 1.165) is 24.8 Å². The summed E-state index contributed by atoms with van der Waals surface area (Å²) in [7, 11) is 0. The number of rotatable bonds is 9. The highest BCUT2D eigenvalue weighted by Crippen LogP contribution is 2.48. The molecule has 2 fully saturated rings. The Morgan fingerprint density at radius 3 is 2.59 bits per heavy atom. The van der Waals surface area contributed by atoms with Crippen molar-refractivity contribution in [2.24, 2.45) is 29.6 Å². The Labute approximate surface area is 189 Å². The van der Waals surface area contributed by atoms with E-state index in [4.69, 9.17) is 19.3 Å². The van der Waals surface area contributed by atoms with Gasteiger partial charge >= 0.3 is 5.97 Å². The second kappa shape index (κ2) is 10.9. The Balaban J connectivity index is 1.57. The molecule has 0 amide bonds. The predicted octanol–water partition coefficient (Wildman–Crippen LogP) is 3.92. The minimum Gasteiger partial charge on any atom is -0.482 e. The number of aliphatic carboxylic acids is 1. The molecular formula is C24H36O8. The summed E-state index contributed by atoms with van der Waals surface area (Å²) in [4.78, 5) is 15.2. The molecule has 1 heterocycles. The van der Waals surface area contributed by atoms with Crippen molar-refractivity contribution < 1.29 is 39.4 Å². The molecular weight excluding hydrogens is 416 g/mol. The van der Waals surface area contributed by atoms with Crippen LogP contribution in [0.5, 0.6) is 5.75 Å². The molecule has 7 atom stereocenters. The second-order valence-corrected chi connectivity index (χ2v) is 9.51. The molecule has 0 aromatic heterocycles. The lowest BCUT2D eigenvalue weighted by molar-refractivity contribution is -0.399. The summed E-state index contributed by atoms with van der Waals surface area (Å²) in [6.45, 7) is 6.42. The summed E-state index contributed by atoms with van der Waals surface area (Å²) in [5.74, 6) is -0.0574. The maximum Gasteiger partial charge on any atom is 0.341 e. The quantitative estimate of drug-likeness (QED) is 0.293. The Hall–Kier alpha value is -1.71. The van der Waals surface area contributed by atoms with E-state index in [-0.39, 0.29) is 31.0 Å². The number of benzene rings is 1. The Kier molecular flexibility index (Phi) is 8.52. The van der Waals surface area contributed by atoms with Crippen LogP contribution in [0.4, 0.5) is 0 Å². The number of ether oxygens (including phenoxy) is 3. The van der Waals surface area contributed by atoms with Crippen LogP contribution in [-0.2, 0) is 25.8 Å². The predicted molar refractivity (Wildman–Crippen MR) is 116 cm³/mol. The van der Waals surface area contributed by atoms with Gasteiger partial charge < -0.3 is 24.4 Å². The monoisotopic (exact) mass is 452 g/mol. The first-order valence-corrected chi connectivity index (χ1v) is 11.4. The molecule has 3 N–H and O–H groups in total. The Morgan fingerprint density at radius 2 is 1.94 bits per heavy atom. The molecule has 2 aliphatic rings. The third-order valence-electron chi connectivity index (χ3n) is 7.32. The minimum absolute atomic E-state index is 0.0730. The van der Waals surface area contributed by atoms with Crippen LogP contribution in [0.2, 0.25) is 0 Å². The average molecular weight is 453 g/mol. The van der Waals surface area contributed by atoms with Crippen molar-refractivity contribution in [2.45, 2.75) is 65.1 Å². The van der Waals surface area contributed by atoms with Crippen LogP contribution in [0.15, 0.2) is 24.3 Å². The number of carboxylic acid groups (broad SMARTS) is 1. The molecule has 3 rings (SSSR count). The highest BCUT2D eigenvalue weighted by Gasteiger charge is 2.45. The number of aliphatic hydroxyl groups excluding tert-OH is 1. The van der Waals surface area contributed by atoms with Crippen LogP contribution >= 0.6 is 0 Å². The molecule has 32 heavy (non-hydrogen) atoms. The number of fused-ring (bicyclic) bond motifs is 1. The first-order chi connectivity index (χ1) is 15.2. The van der Waals surface area contributed by atoms with E-state index in [1.54, 1.807) is 31.2 Å². The zero-order valence-electron chi connectivity index (χ0n) is 19.1. The number of carboxylic acids is 1. The van der Waals surface area contributed by atoms with Crippen LogP contribution in [0.1, 0.15) is 52.0 Å². The van der Waals surface area contributed by atoms with Gasteiger partial charge in [0.25, 0.3) is 0 Å². The van der Waals surface area contributed by atoms with Gasteiger partial charge in [-0.25, -0.2) is 14.9 Å². The van der Waals surface area contributed by atoms with E-state index < -0.39 is 18.0 Å². The Morgan fingerprint density at radius 1 is 1.22 bits per heavy atom. The number of aliphatic hydroxyl groups is 1. The van der Waals surface area contributed by atoms with E-state index >= 15 is 0 Å². The molecule has 0 radical (unpaired) electrons. The van der Waals surface area contributed by atoms with Gasteiger partial charge in [0.1, 0.15) is 5.75 Å². The van der Waals surface area contributed by atoms with Gasteiger partial charge in [0, 0.05) is 12.3 Å². The van der Waals surface area contributed by atoms with Gasteiger partial charge in [-0.15, -0.1) is 0 Å². The molecule has 1 aliphatic heterocycles.